The van der Waals surface area contributed by atoms with E-state index in [9.17, 15) is 14.6 Å². The van der Waals surface area contributed by atoms with Crippen LogP contribution in [-0.4, -0.2) is 51.7 Å². The Kier molecular flexibility index (Phi) is 3.86. The van der Waals surface area contributed by atoms with E-state index in [1.165, 1.54) is 17.2 Å². The Balaban J connectivity index is 2.28. The largest absolute Gasteiger partial charge is 0.393 e. The third-order valence-electron chi connectivity index (χ3n) is 3.88. The van der Waals surface area contributed by atoms with Crippen molar-refractivity contribution in [2.24, 2.45) is 16.6 Å². The Morgan fingerprint density at radius 3 is 2.75 bits per heavy atom. The highest BCUT2D eigenvalue weighted by Crippen LogP contribution is 2.40. The van der Waals surface area contributed by atoms with Gasteiger partial charge in [-0.25, -0.2) is 9.38 Å². The number of nitrogens with zero attached hydrogens (tertiary/aromatic N) is 2. The van der Waals surface area contributed by atoms with Crippen molar-refractivity contribution < 1.29 is 19.3 Å². The molecule has 1 fully saturated rings. The number of hydrogen-bond donors (Lipinski definition) is 3. The van der Waals surface area contributed by atoms with Crippen molar-refractivity contribution in [1.82, 2.24) is 4.90 Å². The molecule has 7 heteroatoms. The molecule has 2 rings (SSSR count). The van der Waals surface area contributed by atoms with Crippen molar-refractivity contribution >= 4 is 5.84 Å². The molecule has 4 N–H and O–H groups in total. The summed E-state index contributed by atoms with van der Waals surface area (Å²) in [6, 6.07) is 0. The number of aliphatic hydroxyl groups excluding tert-OH is 2. The third-order valence-corrected chi connectivity index (χ3v) is 3.88. The molecule has 0 unspecified atom stereocenters. The lowest BCUT2D eigenvalue weighted by molar-refractivity contribution is -0.157. The summed E-state index contributed by atoms with van der Waals surface area (Å²) in [5.74, 6) is 0.223. The lowest BCUT2D eigenvalue weighted by Crippen LogP contribution is -2.49. The van der Waals surface area contributed by atoms with Crippen LogP contribution in [0.4, 0.5) is 4.39 Å². The van der Waals surface area contributed by atoms with Crippen LogP contribution in [0.1, 0.15) is 13.8 Å². The first kappa shape index (κ1) is 15.0. The van der Waals surface area contributed by atoms with Gasteiger partial charge in [0.05, 0.1) is 6.61 Å². The fourth-order valence-corrected chi connectivity index (χ4v) is 2.50. The van der Waals surface area contributed by atoms with Gasteiger partial charge in [-0.15, -0.1) is 0 Å². The summed E-state index contributed by atoms with van der Waals surface area (Å²) in [5, 5.41) is 19.7. The first-order valence-electron chi connectivity index (χ1n) is 6.44. The second kappa shape index (κ2) is 5.16. The van der Waals surface area contributed by atoms with E-state index in [0.29, 0.717) is 0 Å². The SMILES string of the molecule is C=C1N=C(N)C=CN1[C@@H]1O[C@@](CO)(C(C)C)[C@@H](O)[C@@H]1F. The quantitative estimate of drug-likeness (QED) is 0.683. The number of hydrogen-bond acceptors (Lipinski definition) is 6. The summed E-state index contributed by atoms with van der Waals surface area (Å²) >= 11 is 0. The van der Waals surface area contributed by atoms with Crippen molar-refractivity contribution in [3.05, 3.63) is 24.7 Å². The first-order valence-corrected chi connectivity index (χ1v) is 6.44. The fourth-order valence-electron chi connectivity index (χ4n) is 2.50. The number of alkyl halides is 1. The molecule has 0 bridgehead atoms. The minimum absolute atomic E-state index is 0.224. The van der Waals surface area contributed by atoms with Gasteiger partial charge in [0.25, 0.3) is 0 Å². The number of aliphatic imine (C=N–C) groups is 1. The number of aliphatic hydroxyl groups is 2. The Labute approximate surface area is 117 Å². The Morgan fingerprint density at radius 1 is 1.65 bits per heavy atom. The monoisotopic (exact) mass is 285 g/mol. The molecule has 0 saturated carbocycles. The molecule has 20 heavy (non-hydrogen) atoms. The molecular weight excluding hydrogens is 265 g/mol. The lowest BCUT2D eigenvalue weighted by atomic mass is 9.85. The van der Waals surface area contributed by atoms with Crippen LogP contribution in [-0.2, 0) is 4.74 Å². The fraction of sp³-hybridized carbons (Fsp3) is 0.615. The maximum absolute atomic E-state index is 14.4. The average molecular weight is 285 g/mol. The van der Waals surface area contributed by atoms with Gasteiger partial charge in [-0.1, -0.05) is 20.4 Å². The van der Waals surface area contributed by atoms with Crippen LogP contribution in [0, 0.1) is 5.92 Å². The molecule has 0 radical (unpaired) electrons. The van der Waals surface area contributed by atoms with Crippen LogP contribution in [0.2, 0.25) is 0 Å². The predicted molar refractivity (Wildman–Crippen MR) is 72.2 cm³/mol. The molecule has 0 aliphatic carbocycles. The van der Waals surface area contributed by atoms with Crippen molar-refractivity contribution in [2.75, 3.05) is 6.61 Å². The summed E-state index contributed by atoms with van der Waals surface area (Å²) in [7, 11) is 0. The van der Waals surface area contributed by atoms with Gasteiger partial charge < -0.3 is 25.6 Å². The van der Waals surface area contributed by atoms with Gasteiger partial charge in [-0.3, -0.25) is 0 Å². The van der Waals surface area contributed by atoms with Gasteiger partial charge in [-0.2, -0.15) is 0 Å². The molecule has 0 amide bonds. The number of ether oxygens (including phenoxy) is 1. The lowest BCUT2D eigenvalue weighted by Gasteiger charge is -2.35. The molecule has 4 atom stereocenters. The molecule has 2 aliphatic heterocycles. The molecule has 112 valence electrons. The Bertz CT molecular complexity index is 466. The topological polar surface area (TPSA) is 91.3 Å². The van der Waals surface area contributed by atoms with Crippen molar-refractivity contribution in [2.45, 2.75) is 38.0 Å². The zero-order valence-corrected chi connectivity index (χ0v) is 11.5. The number of amidine groups is 1. The van der Waals surface area contributed by atoms with Crippen molar-refractivity contribution in [1.29, 1.82) is 0 Å². The van der Waals surface area contributed by atoms with Crippen LogP contribution in [0.5, 0.6) is 0 Å². The van der Waals surface area contributed by atoms with Gasteiger partial charge >= 0.3 is 0 Å². The van der Waals surface area contributed by atoms with Crippen LogP contribution in [0.15, 0.2) is 29.7 Å². The maximum Gasteiger partial charge on any atom is 0.174 e. The van der Waals surface area contributed by atoms with E-state index >= 15 is 0 Å². The zero-order chi connectivity index (χ0) is 15.1. The third kappa shape index (κ3) is 2.11. The summed E-state index contributed by atoms with van der Waals surface area (Å²) in [6.07, 6.45) is -1.23. The highest BCUT2D eigenvalue weighted by molar-refractivity contribution is 5.92. The normalized spacial score (nSPS) is 37.7. The van der Waals surface area contributed by atoms with E-state index in [1.54, 1.807) is 13.8 Å². The highest BCUT2D eigenvalue weighted by atomic mass is 19.1. The van der Waals surface area contributed by atoms with Gasteiger partial charge in [0.15, 0.2) is 12.4 Å². The maximum atomic E-state index is 14.4. The van der Waals surface area contributed by atoms with Crippen LogP contribution >= 0.6 is 0 Å². The molecule has 0 aromatic rings. The van der Waals surface area contributed by atoms with Crippen LogP contribution in [0.25, 0.3) is 0 Å². The van der Waals surface area contributed by atoms with E-state index in [-0.39, 0.29) is 17.6 Å². The average Bonchev–Trinajstić information content (AvgIpc) is 2.64. The number of nitrogens with two attached hydrogens (primary N) is 1. The van der Waals surface area contributed by atoms with E-state index in [4.69, 9.17) is 10.5 Å². The summed E-state index contributed by atoms with van der Waals surface area (Å²) < 4.78 is 20.1. The Morgan fingerprint density at radius 2 is 2.30 bits per heavy atom. The van der Waals surface area contributed by atoms with E-state index in [1.807, 2.05) is 0 Å². The van der Waals surface area contributed by atoms with Gasteiger partial charge in [0.1, 0.15) is 23.4 Å². The minimum Gasteiger partial charge on any atom is -0.393 e. The number of rotatable bonds is 3. The second-order valence-electron chi connectivity index (χ2n) is 5.34. The summed E-state index contributed by atoms with van der Waals surface area (Å²) in [5.41, 5.74) is 4.19. The molecular formula is C13H20FN3O3. The molecule has 0 aromatic carbocycles. The van der Waals surface area contributed by atoms with Gasteiger partial charge in [0, 0.05) is 6.20 Å². The molecule has 2 heterocycles. The molecule has 6 nitrogen and oxygen atoms in total. The smallest absolute Gasteiger partial charge is 0.174 e. The molecule has 0 aromatic heterocycles. The van der Waals surface area contributed by atoms with E-state index in [2.05, 4.69) is 11.6 Å². The molecule has 0 spiro atoms. The van der Waals surface area contributed by atoms with Crippen molar-refractivity contribution in [3.63, 3.8) is 0 Å². The van der Waals surface area contributed by atoms with E-state index < -0.39 is 30.7 Å². The standard InChI is InChI=1S/C13H20FN3O3/c1-7(2)13(6-18)11(19)10(14)12(20-13)17-5-4-9(15)16-8(17)3/h4-5,7,10-12,18-19H,3,6H2,1-2H3,(H2,15,16)/t10-,11-,12+,13-/m0/s1. The minimum atomic E-state index is -1.69. The summed E-state index contributed by atoms with van der Waals surface area (Å²) in [6.45, 7) is 6.72. The molecule has 2 aliphatic rings. The zero-order valence-electron chi connectivity index (χ0n) is 11.5. The van der Waals surface area contributed by atoms with E-state index in [0.717, 1.165) is 0 Å². The first-order chi connectivity index (χ1) is 9.33. The molecule has 1 saturated heterocycles. The van der Waals surface area contributed by atoms with Crippen LogP contribution < -0.4 is 5.73 Å². The van der Waals surface area contributed by atoms with Gasteiger partial charge in [0.2, 0.25) is 0 Å². The number of halogens is 1. The Hall–Kier alpha value is -1.44. The highest BCUT2D eigenvalue weighted by Gasteiger charge is 2.58. The van der Waals surface area contributed by atoms with Crippen molar-refractivity contribution in [3.8, 4) is 0 Å². The second-order valence-corrected chi connectivity index (χ2v) is 5.34. The van der Waals surface area contributed by atoms with Gasteiger partial charge in [-0.05, 0) is 12.0 Å². The predicted octanol–water partition coefficient (Wildman–Crippen LogP) is 0.0865. The summed E-state index contributed by atoms with van der Waals surface area (Å²) in [4.78, 5) is 5.30. The van der Waals surface area contributed by atoms with Crippen LogP contribution in [0.3, 0.4) is 0 Å².